The van der Waals surface area contributed by atoms with Gasteiger partial charge in [0.25, 0.3) is 0 Å². The van der Waals surface area contributed by atoms with Crippen molar-refractivity contribution in [1.82, 2.24) is 0 Å². The summed E-state index contributed by atoms with van der Waals surface area (Å²) >= 11 is 1.43. The lowest BCUT2D eigenvalue weighted by Gasteiger charge is -2.19. The van der Waals surface area contributed by atoms with E-state index in [2.05, 4.69) is 0 Å². The smallest absolute Gasteiger partial charge is 0.333 e. The molecule has 0 radical (unpaired) electrons. The van der Waals surface area contributed by atoms with E-state index in [4.69, 9.17) is 9.05 Å². The molecule has 92 valence electrons. The minimum absolute atomic E-state index is 0.00912. The molecule has 1 N–H and O–H groups in total. The van der Waals surface area contributed by atoms with Crippen molar-refractivity contribution >= 4 is 18.9 Å². The summed E-state index contributed by atoms with van der Waals surface area (Å²) in [5.74, 6) is 0. The first kappa shape index (κ1) is 13.9. The third-order valence-corrected chi connectivity index (χ3v) is 4.99. The van der Waals surface area contributed by atoms with Gasteiger partial charge in [0.1, 0.15) is 0 Å². The summed E-state index contributed by atoms with van der Waals surface area (Å²) < 4.78 is 22.4. The highest BCUT2D eigenvalue weighted by atomic mass is 32.1. The molecule has 0 amide bonds. The Kier molecular flexibility index (Phi) is 5.66. The van der Waals surface area contributed by atoms with Gasteiger partial charge in [0.2, 0.25) is 0 Å². The Hall–Kier alpha value is -0.190. The van der Waals surface area contributed by atoms with E-state index >= 15 is 0 Å². The molecule has 0 aliphatic carbocycles. The van der Waals surface area contributed by atoms with E-state index in [1.54, 1.807) is 19.9 Å². The van der Waals surface area contributed by atoms with Crippen molar-refractivity contribution in [1.29, 1.82) is 0 Å². The van der Waals surface area contributed by atoms with E-state index < -0.39 is 13.7 Å². The van der Waals surface area contributed by atoms with Crippen LogP contribution in [-0.2, 0) is 13.6 Å². The van der Waals surface area contributed by atoms with Crippen molar-refractivity contribution in [3.05, 3.63) is 22.4 Å². The average molecular weight is 264 g/mol. The zero-order valence-electron chi connectivity index (χ0n) is 9.46. The van der Waals surface area contributed by atoms with Crippen LogP contribution in [0.5, 0.6) is 0 Å². The molecular formula is C10H17O4PS. The molecule has 0 saturated carbocycles. The van der Waals surface area contributed by atoms with Gasteiger partial charge in [0, 0.05) is 4.88 Å². The summed E-state index contributed by atoms with van der Waals surface area (Å²) in [7, 11) is -3.16. The van der Waals surface area contributed by atoms with Crippen molar-refractivity contribution in [2.45, 2.75) is 20.0 Å². The number of rotatable bonds is 7. The molecule has 16 heavy (non-hydrogen) atoms. The first-order chi connectivity index (χ1) is 7.61. The summed E-state index contributed by atoms with van der Waals surface area (Å²) in [5.41, 5.74) is 0. The fourth-order valence-corrected chi connectivity index (χ4v) is 3.85. The summed E-state index contributed by atoms with van der Waals surface area (Å²) in [6, 6.07) is 3.65. The molecule has 0 spiro atoms. The second kappa shape index (κ2) is 6.52. The van der Waals surface area contributed by atoms with Gasteiger partial charge in [-0.3, -0.25) is 4.57 Å². The first-order valence-electron chi connectivity index (χ1n) is 5.21. The molecule has 0 aliphatic heterocycles. The molecule has 0 aliphatic rings. The van der Waals surface area contributed by atoms with E-state index in [0.29, 0.717) is 13.2 Å². The number of thiophene rings is 1. The van der Waals surface area contributed by atoms with Crippen molar-refractivity contribution in [3.8, 4) is 0 Å². The van der Waals surface area contributed by atoms with Crippen molar-refractivity contribution in [3.63, 3.8) is 0 Å². The molecule has 6 heteroatoms. The van der Waals surface area contributed by atoms with Crippen LogP contribution in [0.1, 0.15) is 24.8 Å². The first-order valence-corrected chi connectivity index (χ1v) is 7.81. The zero-order valence-corrected chi connectivity index (χ0v) is 11.2. The third kappa shape index (κ3) is 4.00. The van der Waals surface area contributed by atoms with Crippen LogP contribution < -0.4 is 0 Å². The largest absolute Gasteiger partial charge is 0.387 e. The lowest BCUT2D eigenvalue weighted by Crippen LogP contribution is -2.07. The molecule has 1 atom stereocenters. The number of aliphatic hydroxyl groups is 1. The Bertz CT molecular complexity index is 329. The third-order valence-electron chi connectivity index (χ3n) is 1.92. The molecule has 4 nitrogen and oxygen atoms in total. The van der Waals surface area contributed by atoms with E-state index in [9.17, 15) is 9.67 Å². The fraction of sp³-hybridized carbons (Fsp3) is 0.600. The highest BCUT2D eigenvalue weighted by Crippen LogP contribution is 2.50. The minimum atomic E-state index is -3.16. The standard InChI is InChI=1S/C10H17O4PS/c1-3-13-15(12,14-4-2)8-9(11)10-6-5-7-16-10/h5-7,9,11H,3-4,8H2,1-2H3/t9-/m1/s1. The second-order valence-corrected chi connectivity index (χ2v) is 6.24. The van der Waals surface area contributed by atoms with Crippen molar-refractivity contribution in [2.75, 3.05) is 19.4 Å². The SMILES string of the molecule is CCOP(=O)(C[C@@H](O)c1cccs1)OCC. The molecular weight excluding hydrogens is 247 g/mol. The Morgan fingerprint density at radius 3 is 2.50 bits per heavy atom. The van der Waals surface area contributed by atoms with Gasteiger partial charge in [0.05, 0.1) is 25.5 Å². The molecule has 0 aromatic carbocycles. The fourth-order valence-electron chi connectivity index (χ4n) is 1.32. The Morgan fingerprint density at radius 1 is 1.44 bits per heavy atom. The topological polar surface area (TPSA) is 55.8 Å². The summed E-state index contributed by atoms with van der Waals surface area (Å²) in [6.45, 7) is 4.13. The van der Waals surface area contributed by atoms with Crippen molar-refractivity contribution < 1.29 is 18.7 Å². The zero-order chi connectivity index (χ0) is 12.0. The molecule has 1 rings (SSSR count). The van der Waals surface area contributed by atoms with Crippen LogP contribution in [0.25, 0.3) is 0 Å². The average Bonchev–Trinajstić information content (AvgIpc) is 2.70. The van der Waals surface area contributed by atoms with E-state index in [1.807, 2.05) is 11.4 Å². The molecule has 1 aromatic rings. The van der Waals surface area contributed by atoms with E-state index in [0.717, 1.165) is 4.88 Å². The predicted molar refractivity (Wildman–Crippen MR) is 65.0 cm³/mol. The molecule has 0 bridgehead atoms. The lowest BCUT2D eigenvalue weighted by atomic mass is 10.3. The van der Waals surface area contributed by atoms with Crippen LogP contribution in [0, 0.1) is 0 Å². The quantitative estimate of drug-likeness (QED) is 0.769. The maximum absolute atomic E-state index is 12.1. The van der Waals surface area contributed by atoms with Gasteiger partial charge in [-0.1, -0.05) is 6.07 Å². The van der Waals surface area contributed by atoms with Crippen LogP contribution in [0.15, 0.2) is 17.5 Å². The van der Waals surface area contributed by atoms with Gasteiger partial charge < -0.3 is 14.2 Å². The number of aliphatic hydroxyl groups excluding tert-OH is 1. The predicted octanol–water partition coefficient (Wildman–Crippen LogP) is 3.05. The summed E-state index contributed by atoms with van der Waals surface area (Å²) in [6.07, 6.45) is -0.779. The molecule has 1 heterocycles. The monoisotopic (exact) mass is 264 g/mol. The Morgan fingerprint density at radius 2 is 2.06 bits per heavy atom. The lowest BCUT2D eigenvalue weighted by molar-refractivity contribution is 0.173. The van der Waals surface area contributed by atoms with Crippen LogP contribution in [-0.4, -0.2) is 24.5 Å². The number of hydrogen-bond donors (Lipinski definition) is 1. The summed E-state index contributed by atoms with van der Waals surface area (Å²) in [5, 5.41) is 11.7. The second-order valence-electron chi connectivity index (χ2n) is 3.16. The van der Waals surface area contributed by atoms with Gasteiger partial charge in [-0.15, -0.1) is 11.3 Å². The summed E-state index contributed by atoms with van der Waals surface area (Å²) in [4.78, 5) is 0.777. The minimum Gasteiger partial charge on any atom is -0.387 e. The van der Waals surface area contributed by atoms with Crippen LogP contribution in [0.3, 0.4) is 0 Å². The molecule has 0 saturated heterocycles. The van der Waals surface area contributed by atoms with Gasteiger partial charge in [-0.05, 0) is 25.3 Å². The van der Waals surface area contributed by atoms with Crippen LogP contribution in [0.4, 0.5) is 0 Å². The Labute approximate surface area is 99.7 Å². The van der Waals surface area contributed by atoms with Crippen LogP contribution >= 0.6 is 18.9 Å². The van der Waals surface area contributed by atoms with Gasteiger partial charge in [-0.2, -0.15) is 0 Å². The Balaban J connectivity index is 2.64. The maximum atomic E-state index is 12.1. The molecule has 0 fully saturated rings. The maximum Gasteiger partial charge on any atom is 0.333 e. The van der Waals surface area contributed by atoms with Crippen molar-refractivity contribution in [2.24, 2.45) is 0 Å². The van der Waals surface area contributed by atoms with Gasteiger partial charge >= 0.3 is 7.60 Å². The van der Waals surface area contributed by atoms with E-state index in [1.165, 1.54) is 11.3 Å². The van der Waals surface area contributed by atoms with Gasteiger partial charge in [-0.25, -0.2) is 0 Å². The normalized spacial score (nSPS) is 13.9. The highest BCUT2D eigenvalue weighted by molar-refractivity contribution is 7.53. The van der Waals surface area contributed by atoms with Gasteiger partial charge in [0.15, 0.2) is 0 Å². The van der Waals surface area contributed by atoms with Crippen LogP contribution in [0.2, 0.25) is 0 Å². The highest BCUT2D eigenvalue weighted by Gasteiger charge is 2.28. The number of hydrogen-bond acceptors (Lipinski definition) is 5. The molecule has 0 unspecified atom stereocenters. The van der Waals surface area contributed by atoms with E-state index in [-0.39, 0.29) is 6.16 Å². The molecule has 1 aromatic heterocycles.